The van der Waals surface area contributed by atoms with Gasteiger partial charge in [0.05, 0.1) is 12.7 Å². The zero-order valence-corrected chi connectivity index (χ0v) is 10.8. The van der Waals surface area contributed by atoms with Crippen LogP contribution >= 0.6 is 12.6 Å². The number of hydrogen-bond acceptors (Lipinski definition) is 3. The molecule has 2 aromatic carbocycles. The zero-order chi connectivity index (χ0) is 13.1. The first-order valence-corrected chi connectivity index (χ1v) is 5.84. The first kappa shape index (κ1) is 12.8. The molecule has 88 valence electrons. The molecule has 0 saturated heterocycles. The van der Waals surface area contributed by atoms with Crippen LogP contribution in [0.5, 0.6) is 0 Å². The summed E-state index contributed by atoms with van der Waals surface area (Å²) in [5, 5.41) is 0. The molecule has 0 spiro atoms. The Morgan fingerprint density at radius 3 is 2.44 bits per heavy atom. The summed E-state index contributed by atoms with van der Waals surface area (Å²) in [5.41, 5.74) is 2.71. The molecule has 0 saturated carbocycles. The molecule has 0 heterocycles. The second kappa shape index (κ2) is 5.31. The van der Waals surface area contributed by atoms with E-state index >= 15 is 0 Å². The standard InChI is InChI=1S/C14H11BO2S/c1-17-14(16)13-8-10(15)4-7-12(13)9-2-5-11(18)6-3-9/h2-8,18H,1H3. The minimum absolute atomic E-state index is 0.396. The van der Waals surface area contributed by atoms with Crippen molar-refractivity contribution in [2.45, 2.75) is 4.90 Å². The molecule has 2 rings (SSSR count). The van der Waals surface area contributed by atoms with Crippen LogP contribution in [0.4, 0.5) is 0 Å². The summed E-state index contributed by atoms with van der Waals surface area (Å²) in [7, 11) is 7.06. The Bertz CT molecular complexity index is 579. The van der Waals surface area contributed by atoms with E-state index in [2.05, 4.69) is 12.6 Å². The van der Waals surface area contributed by atoms with Gasteiger partial charge < -0.3 is 4.74 Å². The van der Waals surface area contributed by atoms with E-state index in [0.29, 0.717) is 11.0 Å². The molecule has 0 aliphatic rings. The second-order valence-electron chi connectivity index (χ2n) is 3.84. The van der Waals surface area contributed by atoms with Crippen molar-refractivity contribution < 1.29 is 9.53 Å². The Labute approximate surface area is 113 Å². The fourth-order valence-electron chi connectivity index (χ4n) is 1.73. The maximum Gasteiger partial charge on any atom is 0.338 e. The molecule has 0 aromatic heterocycles. The minimum Gasteiger partial charge on any atom is -0.465 e. The highest BCUT2D eigenvalue weighted by Crippen LogP contribution is 2.24. The summed E-state index contributed by atoms with van der Waals surface area (Å²) in [6.45, 7) is 0. The molecular formula is C14H11BO2S. The van der Waals surface area contributed by atoms with E-state index in [1.807, 2.05) is 30.3 Å². The number of carbonyl (C=O) groups is 1. The van der Waals surface area contributed by atoms with E-state index in [1.54, 1.807) is 12.1 Å². The molecule has 2 nitrogen and oxygen atoms in total. The molecule has 0 amide bonds. The number of benzene rings is 2. The molecule has 0 aliphatic heterocycles. The normalized spacial score (nSPS) is 10.1. The average Bonchev–Trinajstić information content (AvgIpc) is 2.39. The fraction of sp³-hybridized carbons (Fsp3) is 0.0714. The molecule has 18 heavy (non-hydrogen) atoms. The van der Waals surface area contributed by atoms with E-state index in [-0.39, 0.29) is 0 Å². The summed E-state index contributed by atoms with van der Waals surface area (Å²) in [6, 6.07) is 12.7. The number of ether oxygens (including phenoxy) is 1. The Hall–Kier alpha value is -1.68. The minimum atomic E-state index is -0.396. The molecule has 2 aromatic rings. The van der Waals surface area contributed by atoms with Gasteiger partial charge in [-0.2, -0.15) is 0 Å². The molecular weight excluding hydrogens is 243 g/mol. The molecule has 2 radical (unpaired) electrons. The smallest absolute Gasteiger partial charge is 0.338 e. The number of carbonyl (C=O) groups excluding carboxylic acids is 1. The Morgan fingerprint density at radius 1 is 1.17 bits per heavy atom. The highest BCUT2D eigenvalue weighted by molar-refractivity contribution is 7.80. The average molecular weight is 254 g/mol. The van der Waals surface area contributed by atoms with Gasteiger partial charge in [-0.25, -0.2) is 4.79 Å². The first-order chi connectivity index (χ1) is 8.61. The van der Waals surface area contributed by atoms with E-state index < -0.39 is 5.97 Å². The lowest BCUT2D eigenvalue weighted by Gasteiger charge is -2.09. The van der Waals surface area contributed by atoms with E-state index in [4.69, 9.17) is 12.6 Å². The van der Waals surface area contributed by atoms with Crippen LogP contribution in [0, 0.1) is 0 Å². The summed E-state index contributed by atoms with van der Waals surface area (Å²) in [4.78, 5) is 12.6. The van der Waals surface area contributed by atoms with Crippen LogP contribution in [0.2, 0.25) is 0 Å². The summed E-state index contributed by atoms with van der Waals surface area (Å²) < 4.78 is 4.77. The first-order valence-electron chi connectivity index (χ1n) is 5.39. The Kier molecular flexibility index (Phi) is 3.77. The third-order valence-corrected chi connectivity index (χ3v) is 2.93. The van der Waals surface area contributed by atoms with Crippen molar-refractivity contribution in [1.82, 2.24) is 0 Å². The molecule has 0 aliphatic carbocycles. The quantitative estimate of drug-likeness (QED) is 0.505. The highest BCUT2D eigenvalue weighted by Gasteiger charge is 2.13. The van der Waals surface area contributed by atoms with Crippen LogP contribution in [-0.4, -0.2) is 20.9 Å². The Balaban J connectivity index is 2.56. The number of esters is 1. The maximum atomic E-state index is 11.7. The topological polar surface area (TPSA) is 26.3 Å². The van der Waals surface area contributed by atoms with E-state index in [1.165, 1.54) is 7.11 Å². The van der Waals surface area contributed by atoms with E-state index in [0.717, 1.165) is 16.0 Å². The number of methoxy groups -OCH3 is 1. The van der Waals surface area contributed by atoms with Gasteiger partial charge >= 0.3 is 5.97 Å². The van der Waals surface area contributed by atoms with Gasteiger partial charge in [0.2, 0.25) is 0 Å². The summed E-state index contributed by atoms with van der Waals surface area (Å²) in [6.07, 6.45) is 0. The number of hydrogen-bond donors (Lipinski definition) is 1. The van der Waals surface area contributed by atoms with Gasteiger partial charge in [-0.3, -0.25) is 0 Å². The van der Waals surface area contributed by atoms with Gasteiger partial charge in [0.1, 0.15) is 7.85 Å². The lowest BCUT2D eigenvalue weighted by molar-refractivity contribution is 0.0601. The molecule has 0 fully saturated rings. The SMILES string of the molecule is [B]c1ccc(-c2ccc(S)cc2)c(C(=O)OC)c1. The van der Waals surface area contributed by atoms with E-state index in [9.17, 15) is 4.79 Å². The van der Waals surface area contributed by atoms with Crippen molar-refractivity contribution >= 4 is 31.9 Å². The second-order valence-corrected chi connectivity index (χ2v) is 4.36. The van der Waals surface area contributed by atoms with Gasteiger partial charge in [-0.15, -0.1) is 12.6 Å². The fourth-order valence-corrected chi connectivity index (χ4v) is 1.88. The van der Waals surface area contributed by atoms with Crippen LogP contribution < -0.4 is 5.46 Å². The predicted molar refractivity (Wildman–Crippen MR) is 75.9 cm³/mol. The van der Waals surface area contributed by atoms with Gasteiger partial charge in [0.15, 0.2) is 0 Å². The molecule has 0 unspecified atom stereocenters. The maximum absolute atomic E-state index is 11.7. The van der Waals surface area contributed by atoms with Crippen molar-refractivity contribution in [3.8, 4) is 11.1 Å². The van der Waals surface area contributed by atoms with Crippen LogP contribution in [0.1, 0.15) is 10.4 Å². The molecule has 0 N–H and O–H groups in total. The summed E-state index contributed by atoms with van der Waals surface area (Å²) >= 11 is 4.23. The van der Waals surface area contributed by atoms with Crippen molar-refractivity contribution in [3.63, 3.8) is 0 Å². The third kappa shape index (κ3) is 2.59. The largest absolute Gasteiger partial charge is 0.465 e. The van der Waals surface area contributed by atoms with Crippen LogP contribution in [0.15, 0.2) is 47.4 Å². The van der Waals surface area contributed by atoms with Crippen LogP contribution in [0.25, 0.3) is 11.1 Å². The highest BCUT2D eigenvalue weighted by atomic mass is 32.1. The Morgan fingerprint density at radius 2 is 1.83 bits per heavy atom. The van der Waals surface area contributed by atoms with Gasteiger partial charge in [0.25, 0.3) is 0 Å². The van der Waals surface area contributed by atoms with Crippen molar-refractivity contribution in [1.29, 1.82) is 0 Å². The van der Waals surface area contributed by atoms with Crippen molar-refractivity contribution in [2.75, 3.05) is 7.11 Å². The monoisotopic (exact) mass is 254 g/mol. The van der Waals surface area contributed by atoms with Gasteiger partial charge in [-0.1, -0.05) is 35.8 Å². The molecule has 0 bridgehead atoms. The number of rotatable bonds is 2. The zero-order valence-electron chi connectivity index (χ0n) is 9.88. The lowest BCUT2D eigenvalue weighted by Crippen LogP contribution is -2.10. The van der Waals surface area contributed by atoms with Crippen LogP contribution in [0.3, 0.4) is 0 Å². The predicted octanol–water partition coefficient (Wildman–Crippen LogP) is 2.22. The van der Waals surface area contributed by atoms with Crippen LogP contribution in [-0.2, 0) is 4.74 Å². The van der Waals surface area contributed by atoms with Gasteiger partial charge in [-0.05, 0) is 23.3 Å². The summed E-state index contributed by atoms with van der Waals surface area (Å²) in [5.74, 6) is -0.396. The third-order valence-electron chi connectivity index (χ3n) is 2.63. The lowest BCUT2D eigenvalue weighted by atomic mass is 9.90. The molecule has 4 heteroatoms. The van der Waals surface area contributed by atoms with Crippen molar-refractivity contribution in [3.05, 3.63) is 48.0 Å². The number of thiol groups is 1. The van der Waals surface area contributed by atoms with Crippen molar-refractivity contribution in [2.24, 2.45) is 0 Å². The molecule has 0 atom stereocenters. The van der Waals surface area contributed by atoms with Gasteiger partial charge in [0, 0.05) is 4.90 Å².